The molecule has 21 heavy (non-hydrogen) atoms. The molecule has 0 saturated carbocycles. The Labute approximate surface area is 124 Å². The van der Waals surface area contributed by atoms with Gasteiger partial charge in [0, 0.05) is 5.52 Å². The Morgan fingerprint density at radius 3 is 2.57 bits per heavy atom. The minimum absolute atomic E-state index is 0.283. The molecule has 0 bridgehead atoms. The second-order valence-corrected chi connectivity index (χ2v) is 4.78. The maximum Gasteiger partial charge on any atom is 0.354 e. The largest absolute Gasteiger partial charge is 0.456 e. The molecule has 0 aliphatic carbocycles. The first-order valence-electron chi connectivity index (χ1n) is 6.90. The number of ether oxygens (including phenoxy) is 1. The standard InChI is InChI=1S/C17H15BNO2/c1-18-19-15-10-6-5-9-14(15)11-16(19)17(20)21-12-13-7-3-2-4-8-13/h2-11H,12H2,1H3. The lowest BCUT2D eigenvalue weighted by Gasteiger charge is -2.08. The normalized spacial score (nSPS) is 10.5. The van der Waals surface area contributed by atoms with Gasteiger partial charge < -0.3 is 9.21 Å². The lowest BCUT2D eigenvalue weighted by molar-refractivity contribution is 0.0465. The zero-order valence-electron chi connectivity index (χ0n) is 11.8. The van der Waals surface area contributed by atoms with E-state index in [1.54, 1.807) is 0 Å². The van der Waals surface area contributed by atoms with Crippen LogP contribution in [0, 0.1) is 0 Å². The number of benzene rings is 2. The molecule has 0 unspecified atom stereocenters. The summed E-state index contributed by atoms with van der Waals surface area (Å²) in [6, 6.07) is 19.4. The van der Waals surface area contributed by atoms with Crippen LogP contribution >= 0.6 is 0 Å². The van der Waals surface area contributed by atoms with Gasteiger partial charge in [-0.15, -0.1) is 0 Å². The molecule has 0 aliphatic rings. The summed E-state index contributed by atoms with van der Waals surface area (Å²) in [4.78, 5) is 12.3. The van der Waals surface area contributed by atoms with Crippen molar-refractivity contribution in [1.29, 1.82) is 0 Å². The van der Waals surface area contributed by atoms with Gasteiger partial charge in [0.05, 0.1) is 0 Å². The van der Waals surface area contributed by atoms with E-state index in [0.29, 0.717) is 5.69 Å². The van der Waals surface area contributed by atoms with E-state index < -0.39 is 0 Å². The number of para-hydroxylation sites is 1. The Kier molecular flexibility index (Phi) is 3.78. The molecule has 2 aromatic carbocycles. The van der Waals surface area contributed by atoms with Crippen LogP contribution in [0.1, 0.15) is 16.1 Å². The minimum atomic E-state index is -0.312. The van der Waals surface area contributed by atoms with E-state index in [9.17, 15) is 4.79 Å². The van der Waals surface area contributed by atoms with Crippen molar-refractivity contribution in [1.82, 2.24) is 4.48 Å². The van der Waals surface area contributed by atoms with Crippen LogP contribution in [0.4, 0.5) is 0 Å². The predicted molar refractivity (Wildman–Crippen MR) is 84.5 cm³/mol. The number of carbonyl (C=O) groups is 1. The number of rotatable bonds is 4. The third-order valence-corrected chi connectivity index (χ3v) is 3.43. The second kappa shape index (κ2) is 5.88. The highest BCUT2D eigenvalue weighted by molar-refractivity contribution is 6.35. The van der Waals surface area contributed by atoms with Gasteiger partial charge in [0.2, 0.25) is 7.41 Å². The molecule has 1 aromatic heterocycles. The molecule has 1 heterocycles. The summed E-state index contributed by atoms with van der Waals surface area (Å²) in [7, 11) is 1.88. The third kappa shape index (κ3) is 2.70. The molecular weight excluding hydrogens is 261 g/mol. The summed E-state index contributed by atoms with van der Waals surface area (Å²) in [6.45, 7) is 2.19. The van der Waals surface area contributed by atoms with Gasteiger partial charge in [0.15, 0.2) is 0 Å². The monoisotopic (exact) mass is 276 g/mol. The first-order chi connectivity index (χ1) is 10.3. The van der Waals surface area contributed by atoms with E-state index in [2.05, 4.69) is 0 Å². The molecular formula is C17H15BNO2. The van der Waals surface area contributed by atoms with E-state index in [1.807, 2.05) is 79.4 Å². The summed E-state index contributed by atoms with van der Waals surface area (Å²) in [5.74, 6) is -0.312. The van der Waals surface area contributed by atoms with Gasteiger partial charge in [-0.25, -0.2) is 4.79 Å². The van der Waals surface area contributed by atoms with E-state index >= 15 is 0 Å². The fourth-order valence-electron chi connectivity index (χ4n) is 2.41. The van der Waals surface area contributed by atoms with Gasteiger partial charge in [-0.2, -0.15) is 0 Å². The highest BCUT2D eigenvalue weighted by Crippen LogP contribution is 2.19. The van der Waals surface area contributed by atoms with Crippen molar-refractivity contribution in [2.45, 2.75) is 13.4 Å². The van der Waals surface area contributed by atoms with Crippen molar-refractivity contribution in [2.24, 2.45) is 0 Å². The first-order valence-corrected chi connectivity index (χ1v) is 6.90. The van der Waals surface area contributed by atoms with Crippen LogP contribution in [0.5, 0.6) is 0 Å². The van der Waals surface area contributed by atoms with E-state index in [-0.39, 0.29) is 12.6 Å². The first kappa shape index (κ1) is 13.5. The Morgan fingerprint density at radius 2 is 1.81 bits per heavy atom. The van der Waals surface area contributed by atoms with Crippen LogP contribution in [-0.4, -0.2) is 17.9 Å². The maximum absolute atomic E-state index is 12.3. The Bertz CT molecular complexity index is 765. The number of fused-ring (bicyclic) bond motifs is 1. The molecule has 0 saturated heterocycles. The minimum Gasteiger partial charge on any atom is -0.456 e. The number of esters is 1. The Hall–Kier alpha value is -2.49. The highest BCUT2D eigenvalue weighted by atomic mass is 16.5. The molecule has 3 aromatic rings. The molecule has 0 amide bonds. The number of aromatic nitrogens is 1. The van der Waals surface area contributed by atoms with Gasteiger partial charge in [-0.05, 0) is 23.1 Å². The number of hydrogen-bond acceptors (Lipinski definition) is 2. The molecule has 0 atom stereocenters. The van der Waals surface area contributed by atoms with Gasteiger partial charge in [0.25, 0.3) is 0 Å². The summed E-state index contributed by atoms with van der Waals surface area (Å²) >= 11 is 0. The molecule has 3 nitrogen and oxygen atoms in total. The van der Waals surface area contributed by atoms with E-state index in [4.69, 9.17) is 4.74 Å². The number of hydrogen-bond donors (Lipinski definition) is 0. The van der Waals surface area contributed by atoms with Crippen LogP contribution in [0.25, 0.3) is 10.9 Å². The molecule has 1 radical (unpaired) electrons. The summed E-state index contributed by atoms with van der Waals surface area (Å²) in [5, 5.41) is 1.03. The highest BCUT2D eigenvalue weighted by Gasteiger charge is 2.15. The number of carbonyl (C=O) groups excluding carboxylic acids is 1. The molecule has 0 spiro atoms. The van der Waals surface area contributed by atoms with E-state index in [1.165, 1.54) is 0 Å². The Balaban J connectivity index is 1.84. The van der Waals surface area contributed by atoms with Gasteiger partial charge in [0.1, 0.15) is 12.3 Å². The van der Waals surface area contributed by atoms with Gasteiger partial charge in [-0.3, -0.25) is 0 Å². The van der Waals surface area contributed by atoms with Gasteiger partial charge >= 0.3 is 5.97 Å². The molecule has 0 N–H and O–H groups in total. The summed E-state index contributed by atoms with van der Waals surface area (Å²) in [5.41, 5.74) is 2.54. The maximum atomic E-state index is 12.3. The van der Waals surface area contributed by atoms with Crippen molar-refractivity contribution in [2.75, 3.05) is 0 Å². The van der Waals surface area contributed by atoms with Crippen molar-refractivity contribution in [3.8, 4) is 0 Å². The zero-order valence-corrected chi connectivity index (χ0v) is 11.8. The quantitative estimate of drug-likeness (QED) is 0.539. The van der Waals surface area contributed by atoms with Crippen LogP contribution in [0.3, 0.4) is 0 Å². The smallest absolute Gasteiger partial charge is 0.354 e. The molecule has 4 heteroatoms. The third-order valence-electron chi connectivity index (χ3n) is 3.43. The number of nitrogens with zero attached hydrogens (tertiary/aromatic N) is 1. The average molecular weight is 276 g/mol. The SMILES string of the molecule is C[B]n1c(C(=O)OCc2ccccc2)cc2ccccc21. The van der Waals surface area contributed by atoms with Crippen molar-refractivity contribution >= 4 is 24.3 Å². The van der Waals surface area contributed by atoms with E-state index in [0.717, 1.165) is 16.5 Å². The second-order valence-electron chi connectivity index (χ2n) is 4.78. The Morgan fingerprint density at radius 1 is 1.10 bits per heavy atom. The van der Waals surface area contributed by atoms with Crippen LogP contribution in [0.2, 0.25) is 6.82 Å². The lowest BCUT2D eigenvalue weighted by atomic mass is 9.98. The summed E-state index contributed by atoms with van der Waals surface area (Å²) < 4.78 is 7.27. The van der Waals surface area contributed by atoms with Crippen LogP contribution < -0.4 is 0 Å². The van der Waals surface area contributed by atoms with Crippen LogP contribution in [0.15, 0.2) is 60.7 Å². The van der Waals surface area contributed by atoms with Crippen molar-refractivity contribution in [3.05, 3.63) is 71.9 Å². The fraction of sp³-hybridized carbons (Fsp3) is 0.118. The van der Waals surface area contributed by atoms with Crippen LogP contribution in [-0.2, 0) is 11.3 Å². The summed E-state index contributed by atoms with van der Waals surface area (Å²) in [6.07, 6.45) is 0. The van der Waals surface area contributed by atoms with Crippen molar-refractivity contribution in [3.63, 3.8) is 0 Å². The van der Waals surface area contributed by atoms with Gasteiger partial charge in [-0.1, -0.05) is 55.4 Å². The average Bonchev–Trinajstić information content (AvgIpc) is 2.92. The lowest BCUT2D eigenvalue weighted by Crippen LogP contribution is -2.14. The molecule has 3 rings (SSSR count). The zero-order chi connectivity index (χ0) is 14.7. The predicted octanol–water partition coefficient (Wildman–Crippen LogP) is 3.51. The molecule has 0 fully saturated rings. The van der Waals surface area contributed by atoms with Crippen molar-refractivity contribution < 1.29 is 9.53 Å². The molecule has 103 valence electrons. The molecule has 0 aliphatic heterocycles. The topological polar surface area (TPSA) is 31.2 Å². The fourth-order valence-corrected chi connectivity index (χ4v) is 2.41.